The summed E-state index contributed by atoms with van der Waals surface area (Å²) >= 11 is 0. The minimum atomic E-state index is -0.289. The fourth-order valence-electron chi connectivity index (χ4n) is 2.60. The number of aliphatic hydroxyl groups excluding tert-OH is 1. The predicted molar refractivity (Wildman–Crippen MR) is 91.3 cm³/mol. The molecule has 2 aromatic rings. The Morgan fingerprint density at radius 1 is 1.17 bits per heavy atom. The zero-order valence-electron chi connectivity index (χ0n) is 14.2. The number of rotatable bonds is 8. The van der Waals surface area contributed by atoms with Crippen LogP contribution in [0.1, 0.15) is 55.2 Å². The van der Waals surface area contributed by atoms with Gasteiger partial charge in [-0.25, -0.2) is 4.79 Å². The maximum atomic E-state index is 11.9. The molecule has 0 aliphatic carbocycles. The number of hydrogen-bond donors (Lipinski definition) is 3. The molecule has 1 heterocycles. The van der Waals surface area contributed by atoms with Crippen molar-refractivity contribution in [2.75, 3.05) is 0 Å². The molecule has 1 aromatic carbocycles. The van der Waals surface area contributed by atoms with Crippen LogP contribution in [0.4, 0.5) is 4.79 Å². The highest BCUT2D eigenvalue weighted by Gasteiger charge is 2.13. The Kier molecular flexibility index (Phi) is 6.81. The molecule has 0 fully saturated rings. The van der Waals surface area contributed by atoms with Crippen LogP contribution in [0.5, 0.6) is 0 Å². The summed E-state index contributed by atoms with van der Waals surface area (Å²) in [7, 11) is 0. The average Bonchev–Trinajstić information content (AvgIpc) is 3.08. The summed E-state index contributed by atoms with van der Waals surface area (Å²) in [5, 5.41) is 18.9. The van der Waals surface area contributed by atoms with Gasteiger partial charge in [-0.1, -0.05) is 43.3 Å². The first kappa shape index (κ1) is 18.0. The first-order valence-electron chi connectivity index (χ1n) is 8.32. The van der Waals surface area contributed by atoms with Gasteiger partial charge in [0.05, 0.1) is 18.8 Å². The number of urea groups is 1. The molecule has 0 saturated heterocycles. The number of hydrogen-bond acceptors (Lipinski definition) is 4. The normalized spacial score (nSPS) is 10.8. The summed E-state index contributed by atoms with van der Waals surface area (Å²) in [4.78, 5) is 11.9. The SMILES string of the molecule is CCC(CC)c1cc(CNC(=O)NCc2ccccc2CO)on1. The number of aromatic nitrogens is 1. The molecule has 0 aliphatic heterocycles. The van der Waals surface area contributed by atoms with Crippen LogP contribution in [0.3, 0.4) is 0 Å². The molecular weight excluding hydrogens is 306 g/mol. The largest absolute Gasteiger partial charge is 0.392 e. The van der Waals surface area contributed by atoms with E-state index in [1.807, 2.05) is 30.3 Å². The van der Waals surface area contributed by atoms with Crippen LogP contribution in [0.2, 0.25) is 0 Å². The van der Waals surface area contributed by atoms with Gasteiger partial charge >= 0.3 is 6.03 Å². The third-order valence-electron chi connectivity index (χ3n) is 4.13. The van der Waals surface area contributed by atoms with Gasteiger partial charge in [-0.2, -0.15) is 0 Å². The van der Waals surface area contributed by atoms with E-state index < -0.39 is 0 Å². The lowest BCUT2D eigenvalue weighted by Gasteiger charge is -2.09. The molecule has 3 N–H and O–H groups in total. The smallest absolute Gasteiger partial charge is 0.315 e. The molecule has 0 aliphatic rings. The van der Waals surface area contributed by atoms with Crippen molar-refractivity contribution in [2.24, 2.45) is 0 Å². The molecule has 6 heteroatoms. The summed E-state index contributed by atoms with van der Waals surface area (Å²) in [5.41, 5.74) is 2.64. The van der Waals surface area contributed by atoms with Crippen molar-refractivity contribution >= 4 is 6.03 Å². The van der Waals surface area contributed by atoms with Crippen molar-refractivity contribution in [1.82, 2.24) is 15.8 Å². The van der Waals surface area contributed by atoms with E-state index in [9.17, 15) is 9.90 Å². The second kappa shape index (κ2) is 9.08. The number of carbonyl (C=O) groups is 1. The maximum Gasteiger partial charge on any atom is 0.315 e. The number of carbonyl (C=O) groups excluding carboxylic acids is 1. The average molecular weight is 331 g/mol. The molecule has 1 aromatic heterocycles. The van der Waals surface area contributed by atoms with Gasteiger partial charge in [-0.15, -0.1) is 0 Å². The molecule has 130 valence electrons. The lowest BCUT2D eigenvalue weighted by Crippen LogP contribution is -2.34. The lowest BCUT2D eigenvalue weighted by atomic mass is 9.99. The highest BCUT2D eigenvalue weighted by molar-refractivity contribution is 5.73. The Balaban J connectivity index is 1.81. The van der Waals surface area contributed by atoms with Gasteiger partial charge in [-0.05, 0) is 24.0 Å². The second-order valence-corrected chi connectivity index (χ2v) is 5.69. The van der Waals surface area contributed by atoms with Gasteiger partial charge in [0.1, 0.15) is 0 Å². The molecule has 24 heavy (non-hydrogen) atoms. The van der Waals surface area contributed by atoms with Crippen molar-refractivity contribution in [1.29, 1.82) is 0 Å². The van der Waals surface area contributed by atoms with E-state index in [0.29, 0.717) is 24.8 Å². The Labute approximate surface area is 142 Å². The van der Waals surface area contributed by atoms with Crippen LogP contribution in [0.15, 0.2) is 34.9 Å². The summed E-state index contributed by atoms with van der Waals surface area (Å²) in [6.45, 7) is 4.85. The summed E-state index contributed by atoms with van der Waals surface area (Å²) < 4.78 is 5.27. The molecule has 0 unspecified atom stereocenters. The molecule has 2 amide bonds. The zero-order valence-corrected chi connectivity index (χ0v) is 14.2. The van der Waals surface area contributed by atoms with Crippen LogP contribution in [-0.4, -0.2) is 16.3 Å². The topological polar surface area (TPSA) is 87.4 Å². The molecule has 0 radical (unpaired) electrons. The van der Waals surface area contributed by atoms with Crippen molar-refractivity contribution < 1.29 is 14.4 Å². The summed E-state index contributed by atoms with van der Waals surface area (Å²) in [5.74, 6) is 1.04. The van der Waals surface area contributed by atoms with Gasteiger partial charge in [0.15, 0.2) is 5.76 Å². The first-order chi connectivity index (χ1) is 11.7. The summed E-state index contributed by atoms with van der Waals surface area (Å²) in [6, 6.07) is 9.06. The Morgan fingerprint density at radius 3 is 2.50 bits per heavy atom. The Hall–Kier alpha value is -2.34. The number of nitrogens with one attached hydrogen (secondary N) is 2. The third-order valence-corrected chi connectivity index (χ3v) is 4.13. The van der Waals surface area contributed by atoms with Crippen LogP contribution in [0, 0.1) is 0 Å². The fourth-order valence-corrected chi connectivity index (χ4v) is 2.60. The highest BCUT2D eigenvalue weighted by Crippen LogP contribution is 2.22. The monoisotopic (exact) mass is 331 g/mol. The standard InChI is InChI=1S/C18H25N3O3/c1-3-13(4-2)17-9-16(24-21-17)11-20-18(23)19-10-14-7-5-6-8-15(14)12-22/h5-9,13,22H,3-4,10-12H2,1-2H3,(H2,19,20,23). The number of nitrogens with zero attached hydrogens (tertiary/aromatic N) is 1. The van der Waals surface area contributed by atoms with Gasteiger partial charge in [0.25, 0.3) is 0 Å². The molecule has 6 nitrogen and oxygen atoms in total. The van der Waals surface area contributed by atoms with E-state index in [2.05, 4.69) is 29.6 Å². The van der Waals surface area contributed by atoms with Crippen molar-refractivity contribution in [3.05, 3.63) is 52.9 Å². The van der Waals surface area contributed by atoms with E-state index in [1.54, 1.807) is 0 Å². The van der Waals surface area contributed by atoms with Crippen LogP contribution in [0.25, 0.3) is 0 Å². The molecular formula is C18H25N3O3. The Morgan fingerprint density at radius 2 is 1.83 bits per heavy atom. The van der Waals surface area contributed by atoms with Crippen molar-refractivity contribution in [3.8, 4) is 0 Å². The predicted octanol–water partition coefficient (Wildman–Crippen LogP) is 3.07. The molecule has 0 atom stereocenters. The van der Waals surface area contributed by atoms with E-state index in [1.165, 1.54) is 0 Å². The van der Waals surface area contributed by atoms with Crippen molar-refractivity contribution in [2.45, 2.75) is 52.3 Å². The number of benzene rings is 1. The second-order valence-electron chi connectivity index (χ2n) is 5.69. The van der Waals surface area contributed by atoms with Gasteiger partial charge in [-0.3, -0.25) is 0 Å². The van der Waals surface area contributed by atoms with Crippen molar-refractivity contribution in [3.63, 3.8) is 0 Å². The molecule has 0 saturated carbocycles. The van der Waals surface area contributed by atoms with E-state index >= 15 is 0 Å². The minimum absolute atomic E-state index is 0.0453. The van der Waals surface area contributed by atoms with E-state index in [-0.39, 0.29) is 12.6 Å². The molecule has 0 bridgehead atoms. The summed E-state index contributed by atoms with van der Waals surface area (Å²) in [6.07, 6.45) is 2.03. The van der Waals surface area contributed by atoms with Crippen LogP contribution < -0.4 is 10.6 Å². The van der Waals surface area contributed by atoms with Gasteiger partial charge in [0, 0.05) is 18.5 Å². The van der Waals surface area contributed by atoms with Crippen LogP contribution in [-0.2, 0) is 19.7 Å². The first-order valence-corrected chi connectivity index (χ1v) is 8.32. The molecule has 0 spiro atoms. The van der Waals surface area contributed by atoms with E-state index in [0.717, 1.165) is 29.7 Å². The quantitative estimate of drug-likeness (QED) is 0.694. The highest BCUT2D eigenvalue weighted by atomic mass is 16.5. The number of aliphatic hydroxyl groups is 1. The maximum absolute atomic E-state index is 11.9. The number of amides is 2. The van der Waals surface area contributed by atoms with Gasteiger partial charge < -0.3 is 20.3 Å². The Bertz CT molecular complexity index is 650. The van der Waals surface area contributed by atoms with Gasteiger partial charge in [0.2, 0.25) is 0 Å². The third kappa shape index (κ3) is 4.83. The fraction of sp³-hybridized carbons (Fsp3) is 0.444. The zero-order chi connectivity index (χ0) is 17.4. The minimum Gasteiger partial charge on any atom is -0.392 e. The van der Waals surface area contributed by atoms with E-state index in [4.69, 9.17) is 4.52 Å². The van der Waals surface area contributed by atoms with Crippen LogP contribution >= 0.6 is 0 Å². The lowest BCUT2D eigenvalue weighted by molar-refractivity contribution is 0.238. The molecule has 2 rings (SSSR count).